The Kier molecular flexibility index (Phi) is 3.32. The van der Waals surface area contributed by atoms with Crippen molar-refractivity contribution in [2.24, 2.45) is 17.8 Å². The third-order valence-corrected chi connectivity index (χ3v) is 5.73. The SMILES string of the molecule is CCOC(=O)[C@@H]1C[C@H]2CC[C@@H]1C[C@]21NC(=O)c2ccccc2N1. The topological polar surface area (TPSA) is 67.4 Å². The van der Waals surface area contributed by atoms with Crippen LogP contribution in [0.25, 0.3) is 0 Å². The highest BCUT2D eigenvalue weighted by Crippen LogP contribution is 2.52. The van der Waals surface area contributed by atoms with Crippen LogP contribution in [0.5, 0.6) is 0 Å². The minimum absolute atomic E-state index is 0.0143. The Bertz CT molecular complexity index is 659. The van der Waals surface area contributed by atoms with Crippen LogP contribution in [0.15, 0.2) is 24.3 Å². The number of ether oxygens (including phenoxy) is 1. The molecule has 4 atom stereocenters. The zero-order valence-corrected chi connectivity index (χ0v) is 13.3. The fourth-order valence-electron chi connectivity index (χ4n) is 4.68. The summed E-state index contributed by atoms with van der Waals surface area (Å²) in [5.74, 6) is 0.436. The third-order valence-electron chi connectivity index (χ3n) is 5.73. The molecule has 3 aliphatic carbocycles. The van der Waals surface area contributed by atoms with Crippen LogP contribution in [0.2, 0.25) is 0 Å². The van der Waals surface area contributed by atoms with Gasteiger partial charge in [-0.25, -0.2) is 0 Å². The largest absolute Gasteiger partial charge is 0.466 e. The molecule has 1 heterocycles. The van der Waals surface area contributed by atoms with Crippen molar-refractivity contribution < 1.29 is 14.3 Å². The molecular weight excluding hydrogens is 292 g/mol. The summed E-state index contributed by atoms with van der Waals surface area (Å²) in [6.45, 7) is 2.28. The first-order chi connectivity index (χ1) is 11.1. The van der Waals surface area contributed by atoms with Gasteiger partial charge in [-0.15, -0.1) is 0 Å². The maximum Gasteiger partial charge on any atom is 0.309 e. The van der Waals surface area contributed by atoms with E-state index in [4.69, 9.17) is 4.74 Å². The Morgan fingerprint density at radius 3 is 2.87 bits per heavy atom. The monoisotopic (exact) mass is 314 g/mol. The van der Waals surface area contributed by atoms with Crippen molar-refractivity contribution in [3.63, 3.8) is 0 Å². The summed E-state index contributed by atoms with van der Waals surface area (Å²) < 4.78 is 5.24. The lowest BCUT2D eigenvalue weighted by Gasteiger charge is -2.56. The molecule has 23 heavy (non-hydrogen) atoms. The summed E-state index contributed by atoms with van der Waals surface area (Å²) in [6.07, 6.45) is 3.66. The molecule has 4 aliphatic rings. The van der Waals surface area contributed by atoms with Gasteiger partial charge in [0.2, 0.25) is 0 Å². The van der Waals surface area contributed by atoms with Gasteiger partial charge in [-0.1, -0.05) is 12.1 Å². The van der Waals surface area contributed by atoms with E-state index in [1.807, 2.05) is 31.2 Å². The fraction of sp³-hybridized carbons (Fsp3) is 0.556. The molecule has 0 unspecified atom stereocenters. The van der Waals surface area contributed by atoms with E-state index in [0.717, 1.165) is 31.4 Å². The van der Waals surface area contributed by atoms with Crippen molar-refractivity contribution in [3.05, 3.63) is 29.8 Å². The lowest BCUT2D eigenvalue weighted by Crippen LogP contribution is -2.67. The number of hydrogen-bond donors (Lipinski definition) is 2. The maximum atomic E-state index is 12.5. The predicted molar refractivity (Wildman–Crippen MR) is 85.8 cm³/mol. The number of amides is 1. The van der Waals surface area contributed by atoms with Gasteiger partial charge in [0.05, 0.1) is 18.1 Å². The van der Waals surface area contributed by atoms with E-state index < -0.39 is 5.66 Å². The molecule has 1 aromatic carbocycles. The van der Waals surface area contributed by atoms with Gasteiger partial charge in [0.25, 0.3) is 5.91 Å². The number of fused-ring (bicyclic) bond motifs is 3. The summed E-state index contributed by atoms with van der Waals surface area (Å²) in [5.41, 5.74) is 1.19. The second-order valence-corrected chi connectivity index (χ2v) is 6.93. The van der Waals surface area contributed by atoms with Crippen LogP contribution in [0.1, 0.15) is 43.0 Å². The van der Waals surface area contributed by atoms with E-state index in [-0.39, 0.29) is 29.6 Å². The number of esters is 1. The molecule has 1 aliphatic heterocycles. The highest BCUT2D eigenvalue weighted by atomic mass is 16.5. The zero-order chi connectivity index (χ0) is 16.0. The molecule has 0 aromatic heterocycles. The highest BCUT2D eigenvalue weighted by Gasteiger charge is 2.55. The molecule has 0 saturated heterocycles. The van der Waals surface area contributed by atoms with E-state index in [9.17, 15) is 9.59 Å². The minimum atomic E-state index is -0.405. The number of para-hydroxylation sites is 1. The van der Waals surface area contributed by atoms with Gasteiger partial charge in [0.1, 0.15) is 5.66 Å². The Balaban J connectivity index is 1.61. The van der Waals surface area contributed by atoms with Gasteiger partial charge in [-0.05, 0) is 50.7 Å². The first kappa shape index (κ1) is 14.5. The number of hydrogen-bond acceptors (Lipinski definition) is 4. The molecule has 3 fully saturated rings. The average Bonchev–Trinajstić information content (AvgIpc) is 2.55. The Morgan fingerprint density at radius 2 is 2.13 bits per heavy atom. The second-order valence-electron chi connectivity index (χ2n) is 6.93. The summed E-state index contributed by atoms with van der Waals surface area (Å²) >= 11 is 0. The van der Waals surface area contributed by atoms with Crippen LogP contribution in [-0.4, -0.2) is 24.1 Å². The zero-order valence-electron chi connectivity index (χ0n) is 13.3. The lowest BCUT2D eigenvalue weighted by atomic mass is 9.59. The highest BCUT2D eigenvalue weighted by molar-refractivity contribution is 6.02. The van der Waals surface area contributed by atoms with Crippen LogP contribution < -0.4 is 10.6 Å². The van der Waals surface area contributed by atoms with Gasteiger partial charge in [0.15, 0.2) is 0 Å². The van der Waals surface area contributed by atoms with Gasteiger partial charge < -0.3 is 15.4 Å². The number of anilines is 1. The number of carbonyl (C=O) groups is 2. The molecule has 1 aromatic rings. The van der Waals surface area contributed by atoms with Crippen LogP contribution in [0.3, 0.4) is 0 Å². The fourth-order valence-corrected chi connectivity index (χ4v) is 4.68. The third kappa shape index (κ3) is 2.21. The maximum absolute atomic E-state index is 12.5. The molecule has 3 saturated carbocycles. The van der Waals surface area contributed by atoms with Gasteiger partial charge >= 0.3 is 5.97 Å². The molecule has 1 amide bonds. The van der Waals surface area contributed by atoms with Crippen molar-refractivity contribution in [1.82, 2.24) is 5.32 Å². The molecule has 5 rings (SSSR count). The molecule has 122 valence electrons. The molecule has 5 heteroatoms. The smallest absolute Gasteiger partial charge is 0.309 e. The van der Waals surface area contributed by atoms with Crippen molar-refractivity contribution in [3.8, 4) is 0 Å². The number of carbonyl (C=O) groups excluding carboxylic acids is 2. The molecule has 5 nitrogen and oxygen atoms in total. The van der Waals surface area contributed by atoms with Crippen LogP contribution in [0, 0.1) is 17.8 Å². The summed E-state index contributed by atoms with van der Waals surface area (Å²) in [5, 5.41) is 6.79. The first-order valence-electron chi connectivity index (χ1n) is 8.49. The number of nitrogens with one attached hydrogen (secondary N) is 2. The normalized spacial score (nSPS) is 34.5. The molecule has 1 spiro atoms. The lowest BCUT2D eigenvalue weighted by molar-refractivity contribution is -0.155. The Morgan fingerprint density at radius 1 is 1.30 bits per heavy atom. The van der Waals surface area contributed by atoms with E-state index in [0.29, 0.717) is 12.2 Å². The Hall–Kier alpha value is -2.04. The van der Waals surface area contributed by atoms with Crippen molar-refractivity contribution in [2.45, 2.75) is 38.3 Å². The molecule has 2 N–H and O–H groups in total. The number of rotatable bonds is 2. The van der Waals surface area contributed by atoms with Crippen molar-refractivity contribution >= 4 is 17.6 Å². The first-order valence-corrected chi connectivity index (χ1v) is 8.49. The Labute approximate surface area is 135 Å². The quantitative estimate of drug-likeness (QED) is 0.823. The predicted octanol–water partition coefficient (Wildman–Crippen LogP) is 2.54. The van der Waals surface area contributed by atoms with E-state index in [1.54, 1.807) is 0 Å². The van der Waals surface area contributed by atoms with E-state index in [1.165, 1.54) is 0 Å². The van der Waals surface area contributed by atoms with Crippen molar-refractivity contribution in [1.29, 1.82) is 0 Å². The summed E-state index contributed by atoms with van der Waals surface area (Å²) in [4.78, 5) is 24.7. The molecule has 0 radical (unpaired) electrons. The van der Waals surface area contributed by atoms with Gasteiger partial charge in [0, 0.05) is 11.6 Å². The summed E-state index contributed by atoms with van der Waals surface area (Å²) in [7, 11) is 0. The van der Waals surface area contributed by atoms with Gasteiger partial charge in [-0.2, -0.15) is 0 Å². The molecule has 2 bridgehead atoms. The van der Waals surface area contributed by atoms with E-state index in [2.05, 4.69) is 10.6 Å². The van der Waals surface area contributed by atoms with E-state index >= 15 is 0 Å². The van der Waals surface area contributed by atoms with Crippen molar-refractivity contribution in [2.75, 3.05) is 11.9 Å². The average molecular weight is 314 g/mol. The van der Waals surface area contributed by atoms with Crippen LogP contribution in [-0.2, 0) is 9.53 Å². The minimum Gasteiger partial charge on any atom is -0.466 e. The number of benzene rings is 1. The second kappa shape index (κ2) is 5.25. The standard InChI is InChI=1S/C18H22N2O3/c1-2-23-17(22)14-9-12-8-7-11(14)10-18(12)19-15-6-4-3-5-13(15)16(21)20-18/h3-6,11-12,14,19H,2,7-10H2,1H3,(H,20,21)/t11-,12-,14-,18+/m1/s1. The van der Waals surface area contributed by atoms with Crippen LogP contribution in [0.4, 0.5) is 5.69 Å². The summed E-state index contributed by atoms with van der Waals surface area (Å²) in [6, 6.07) is 7.62. The molecular formula is C18H22N2O3. The van der Waals surface area contributed by atoms with Gasteiger partial charge in [-0.3, -0.25) is 9.59 Å². The van der Waals surface area contributed by atoms with Crippen LogP contribution >= 0.6 is 0 Å².